The number of hydrogen-bond acceptors (Lipinski definition) is 3. The van der Waals surface area contributed by atoms with Crippen molar-refractivity contribution in [2.45, 2.75) is 38.8 Å². The van der Waals surface area contributed by atoms with Crippen LogP contribution in [0.25, 0.3) is 0 Å². The van der Waals surface area contributed by atoms with Gasteiger partial charge in [0.25, 0.3) is 0 Å². The molecule has 1 aliphatic heterocycles. The molecule has 0 aliphatic carbocycles. The van der Waals surface area contributed by atoms with Crippen LogP contribution in [0.4, 0.5) is 9.59 Å². The summed E-state index contributed by atoms with van der Waals surface area (Å²) in [6, 6.07) is -0.0963. The first-order valence-electron chi connectivity index (χ1n) is 5.64. The molecule has 0 aromatic rings. The Hall–Kier alpha value is -1.46. The first-order chi connectivity index (χ1) is 7.70. The first-order valence-corrected chi connectivity index (χ1v) is 5.64. The van der Waals surface area contributed by atoms with E-state index in [1.165, 1.54) is 9.80 Å². The van der Waals surface area contributed by atoms with Gasteiger partial charge < -0.3 is 19.6 Å². The Bertz CT molecular complexity index is 311. The Morgan fingerprint density at radius 2 is 2.00 bits per heavy atom. The molecule has 0 aromatic heterocycles. The number of ether oxygens (including phenoxy) is 1. The largest absolute Gasteiger partial charge is 0.465 e. The predicted molar refractivity (Wildman–Crippen MR) is 62.0 cm³/mol. The zero-order valence-corrected chi connectivity index (χ0v) is 10.8. The molecular formula is C11H20N2O4. The quantitative estimate of drug-likeness (QED) is 0.760. The van der Waals surface area contributed by atoms with Gasteiger partial charge >= 0.3 is 12.2 Å². The van der Waals surface area contributed by atoms with Crippen LogP contribution in [-0.2, 0) is 4.74 Å². The van der Waals surface area contributed by atoms with Gasteiger partial charge in [0.05, 0.1) is 6.04 Å². The second kappa shape index (κ2) is 4.81. The van der Waals surface area contributed by atoms with E-state index < -0.39 is 17.8 Å². The fraction of sp³-hybridized carbons (Fsp3) is 0.818. The van der Waals surface area contributed by atoms with Gasteiger partial charge in [-0.15, -0.1) is 0 Å². The van der Waals surface area contributed by atoms with E-state index in [1.807, 2.05) is 0 Å². The number of nitrogens with zero attached hydrogens (tertiary/aromatic N) is 2. The highest BCUT2D eigenvalue weighted by Crippen LogP contribution is 2.17. The van der Waals surface area contributed by atoms with E-state index in [4.69, 9.17) is 9.84 Å². The van der Waals surface area contributed by atoms with Gasteiger partial charge in [0.2, 0.25) is 0 Å². The predicted octanol–water partition coefficient (Wildman–Crippen LogP) is 1.61. The third-order valence-corrected chi connectivity index (χ3v) is 2.66. The number of hydrogen-bond donors (Lipinski definition) is 1. The molecular weight excluding hydrogens is 224 g/mol. The fourth-order valence-corrected chi connectivity index (χ4v) is 1.71. The summed E-state index contributed by atoms with van der Waals surface area (Å²) in [6.07, 6.45) is -0.693. The van der Waals surface area contributed by atoms with Crippen molar-refractivity contribution in [1.29, 1.82) is 0 Å². The summed E-state index contributed by atoms with van der Waals surface area (Å²) in [5, 5.41) is 8.83. The summed E-state index contributed by atoms with van der Waals surface area (Å²) >= 11 is 0. The van der Waals surface area contributed by atoms with E-state index in [-0.39, 0.29) is 6.04 Å². The standard InChI is InChI=1S/C11H20N2O4/c1-11(2,3)17-10(16)12(4)8-5-6-13(7-8)9(14)15/h8H,5-7H2,1-4H3,(H,14,15). The Morgan fingerprint density at radius 1 is 1.41 bits per heavy atom. The van der Waals surface area contributed by atoms with E-state index in [0.717, 1.165) is 0 Å². The molecule has 6 nitrogen and oxygen atoms in total. The van der Waals surface area contributed by atoms with Crippen LogP contribution >= 0.6 is 0 Å². The number of likely N-dealkylation sites (tertiary alicyclic amines) is 1. The number of carbonyl (C=O) groups excluding carboxylic acids is 1. The van der Waals surface area contributed by atoms with Crippen molar-refractivity contribution in [1.82, 2.24) is 9.80 Å². The van der Waals surface area contributed by atoms with E-state index >= 15 is 0 Å². The molecule has 0 saturated carbocycles. The van der Waals surface area contributed by atoms with Crippen LogP contribution in [0, 0.1) is 0 Å². The van der Waals surface area contributed by atoms with Crippen LogP contribution in [0.15, 0.2) is 0 Å². The molecule has 1 heterocycles. The number of carbonyl (C=O) groups is 2. The molecule has 1 atom stereocenters. The summed E-state index contributed by atoms with van der Waals surface area (Å²) in [7, 11) is 1.64. The van der Waals surface area contributed by atoms with E-state index in [9.17, 15) is 9.59 Å². The topological polar surface area (TPSA) is 70.1 Å². The van der Waals surface area contributed by atoms with Crippen molar-refractivity contribution in [3.05, 3.63) is 0 Å². The Kier molecular flexibility index (Phi) is 3.85. The molecule has 1 aliphatic rings. The molecule has 17 heavy (non-hydrogen) atoms. The van der Waals surface area contributed by atoms with Gasteiger partial charge in [-0.1, -0.05) is 0 Å². The smallest absolute Gasteiger partial charge is 0.410 e. The Balaban J connectivity index is 2.52. The molecule has 0 spiro atoms. The normalized spacial score (nSPS) is 20.2. The van der Waals surface area contributed by atoms with Gasteiger partial charge in [-0.2, -0.15) is 0 Å². The minimum atomic E-state index is -0.940. The maximum Gasteiger partial charge on any atom is 0.410 e. The van der Waals surface area contributed by atoms with Crippen LogP contribution in [0.2, 0.25) is 0 Å². The highest BCUT2D eigenvalue weighted by Gasteiger charge is 2.32. The second-order valence-electron chi connectivity index (χ2n) is 5.26. The van der Waals surface area contributed by atoms with E-state index in [2.05, 4.69) is 0 Å². The highest BCUT2D eigenvalue weighted by molar-refractivity contribution is 5.69. The van der Waals surface area contributed by atoms with Crippen LogP contribution < -0.4 is 0 Å². The molecule has 0 bridgehead atoms. The molecule has 1 unspecified atom stereocenters. The van der Waals surface area contributed by atoms with Crippen molar-refractivity contribution in [2.24, 2.45) is 0 Å². The van der Waals surface area contributed by atoms with Crippen LogP contribution in [0.5, 0.6) is 0 Å². The first kappa shape index (κ1) is 13.6. The molecule has 98 valence electrons. The van der Waals surface area contributed by atoms with Gasteiger partial charge in [-0.05, 0) is 27.2 Å². The van der Waals surface area contributed by atoms with Gasteiger partial charge in [0, 0.05) is 20.1 Å². The summed E-state index contributed by atoms with van der Waals surface area (Å²) in [5.41, 5.74) is -0.531. The average molecular weight is 244 g/mol. The summed E-state index contributed by atoms with van der Waals surface area (Å²) in [6.45, 7) is 6.23. The molecule has 0 radical (unpaired) electrons. The molecule has 1 fully saturated rings. The lowest BCUT2D eigenvalue weighted by molar-refractivity contribution is 0.0228. The van der Waals surface area contributed by atoms with Gasteiger partial charge in [-0.3, -0.25) is 0 Å². The maximum atomic E-state index is 11.8. The minimum absolute atomic E-state index is 0.0963. The number of amides is 2. The second-order valence-corrected chi connectivity index (χ2v) is 5.26. The van der Waals surface area contributed by atoms with Crippen molar-refractivity contribution >= 4 is 12.2 Å². The number of rotatable bonds is 1. The van der Waals surface area contributed by atoms with Crippen molar-refractivity contribution in [2.75, 3.05) is 20.1 Å². The Morgan fingerprint density at radius 3 is 2.41 bits per heavy atom. The van der Waals surface area contributed by atoms with Gasteiger partial charge in [0.1, 0.15) is 5.60 Å². The maximum absolute atomic E-state index is 11.8. The van der Waals surface area contributed by atoms with Crippen LogP contribution in [0.3, 0.4) is 0 Å². The zero-order chi connectivity index (χ0) is 13.2. The van der Waals surface area contributed by atoms with Crippen LogP contribution in [-0.4, -0.2) is 58.9 Å². The fourth-order valence-electron chi connectivity index (χ4n) is 1.71. The van der Waals surface area contributed by atoms with E-state index in [1.54, 1.807) is 27.8 Å². The van der Waals surface area contributed by atoms with Crippen LogP contribution in [0.1, 0.15) is 27.2 Å². The summed E-state index contributed by atoms with van der Waals surface area (Å²) in [4.78, 5) is 25.3. The molecule has 6 heteroatoms. The molecule has 2 amide bonds. The minimum Gasteiger partial charge on any atom is -0.465 e. The molecule has 1 N–H and O–H groups in total. The Labute approximate surface area is 101 Å². The third kappa shape index (κ3) is 3.80. The lowest BCUT2D eigenvalue weighted by atomic mass is 10.2. The van der Waals surface area contributed by atoms with Gasteiger partial charge in [0.15, 0.2) is 0 Å². The number of carboxylic acid groups (broad SMARTS) is 1. The van der Waals surface area contributed by atoms with Crippen molar-refractivity contribution < 1.29 is 19.4 Å². The molecule has 1 rings (SSSR count). The average Bonchev–Trinajstić information content (AvgIpc) is 2.62. The van der Waals surface area contributed by atoms with Gasteiger partial charge in [-0.25, -0.2) is 9.59 Å². The van der Waals surface area contributed by atoms with E-state index in [0.29, 0.717) is 19.5 Å². The highest BCUT2D eigenvalue weighted by atomic mass is 16.6. The zero-order valence-electron chi connectivity index (χ0n) is 10.8. The van der Waals surface area contributed by atoms with Crippen molar-refractivity contribution in [3.63, 3.8) is 0 Å². The third-order valence-electron chi connectivity index (χ3n) is 2.66. The molecule has 0 aromatic carbocycles. The lowest BCUT2D eigenvalue weighted by Crippen LogP contribution is -2.42. The molecule has 1 saturated heterocycles. The monoisotopic (exact) mass is 244 g/mol. The van der Waals surface area contributed by atoms with Crippen molar-refractivity contribution in [3.8, 4) is 0 Å². The summed E-state index contributed by atoms with van der Waals surface area (Å²) < 4.78 is 5.23. The summed E-state index contributed by atoms with van der Waals surface area (Å²) in [5.74, 6) is 0. The SMILES string of the molecule is CN(C(=O)OC(C)(C)C)C1CCN(C(=O)O)C1. The lowest BCUT2D eigenvalue weighted by Gasteiger charge is -2.28. The number of likely N-dealkylation sites (N-methyl/N-ethyl adjacent to an activating group) is 1.